The largest absolute Gasteiger partial charge is 0.393 e. The number of aliphatic hydroxyl groups excluding tert-OH is 3. The van der Waals surface area contributed by atoms with Gasteiger partial charge in [-0.15, -0.1) is 0 Å². The minimum atomic E-state index is -0.658. The molecule has 4 heteroatoms. The quantitative estimate of drug-likeness (QED) is 0.456. The lowest BCUT2D eigenvalue weighted by molar-refractivity contribution is -0.171. The molecule has 3 unspecified atom stereocenters. The first-order chi connectivity index (χ1) is 11.9. The highest BCUT2D eigenvalue weighted by atomic mass is 16.6. The van der Waals surface area contributed by atoms with Crippen LogP contribution in [-0.4, -0.2) is 39.9 Å². The molecule has 0 radical (unpaired) electrons. The fraction of sp³-hybridized carbons (Fsp3) is 1.00. The van der Waals surface area contributed by atoms with E-state index in [0.29, 0.717) is 36.5 Å². The summed E-state index contributed by atoms with van der Waals surface area (Å²) in [5.41, 5.74) is 0. The van der Waals surface area contributed by atoms with Crippen molar-refractivity contribution >= 4 is 0 Å². The smallest absolute Gasteiger partial charge is 0.154 e. The van der Waals surface area contributed by atoms with Crippen LogP contribution in [0.25, 0.3) is 0 Å². The Morgan fingerprint density at radius 3 is 2.44 bits per heavy atom. The minimum Gasteiger partial charge on any atom is -0.393 e. The average Bonchev–Trinajstić information content (AvgIpc) is 2.53. The van der Waals surface area contributed by atoms with Crippen molar-refractivity contribution < 1.29 is 20.1 Å². The second kappa shape index (κ2) is 10.2. The molecule has 0 aliphatic heterocycles. The predicted molar refractivity (Wildman–Crippen MR) is 100 cm³/mol. The number of aliphatic hydroxyl groups is 3. The summed E-state index contributed by atoms with van der Waals surface area (Å²) >= 11 is 0. The first-order valence-corrected chi connectivity index (χ1v) is 10.6. The molecule has 3 N–H and O–H groups in total. The van der Waals surface area contributed by atoms with Crippen molar-refractivity contribution in [3.05, 3.63) is 0 Å². The van der Waals surface area contributed by atoms with Crippen LogP contribution in [0.5, 0.6) is 0 Å². The lowest BCUT2D eigenvalue weighted by Crippen LogP contribution is -2.37. The summed E-state index contributed by atoms with van der Waals surface area (Å²) in [4.78, 5) is 0. The van der Waals surface area contributed by atoms with Gasteiger partial charge in [0.1, 0.15) is 0 Å². The molecule has 0 spiro atoms. The number of unbranched alkanes of at least 4 members (excludes halogenated alkanes) is 1. The first-order valence-electron chi connectivity index (χ1n) is 10.6. The maximum Gasteiger partial charge on any atom is 0.154 e. The van der Waals surface area contributed by atoms with Crippen LogP contribution in [0.1, 0.15) is 85.0 Å². The Labute approximate surface area is 154 Å². The van der Waals surface area contributed by atoms with Gasteiger partial charge in [-0.25, -0.2) is 0 Å². The average molecular weight is 357 g/mol. The van der Waals surface area contributed by atoms with Crippen molar-refractivity contribution in [2.45, 2.75) is 110 Å². The van der Waals surface area contributed by atoms with Crippen LogP contribution in [0.15, 0.2) is 0 Å². The van der Waals surface area contributed by atoms with E-state index in [-0.39, 0.29) is 18.3 Å². The standard InChI is InChI=1S/C21H40O4/c1-14(2)18-11-8-15(3)12-20(18)25-21(24)7-5-4-6-16-9-10-17(22)13-19(16)23/h14-24H,4-13H2,1-3H3/t15-,16+,17?,18+,19?,20-,21?/m1/s1. The van der Waals surface area contributed by atoms with E-state index in [0.717, 1.165) is 38.5 Å². The maximum absolute atomic E-state index is 10.3. The Kier molecular flexibility index (Phi) is 8.67. The Hall–Kier alpha value is -0.160. The molecule has 2 rings (SSSR count). The molecular weight excluding hydrogens is 316 g/mol. The molecule has 0 saturated heterocycles. The van der Waals surface area contributed by atoms with Gasteiger partial charge in [0.15, 0.2) is 6.29 Å². The summed E-state index contributed by atoms with van der Waals surface area (Å²) in [6.45, 7) is 6.80. The van der Waals surface area contributed by atoms with Crippen LogP contribution in [0.3, 0.4) is 0 Å². The molecule has 2 saturated carbocycles. The summed E-state index contributed by atoms with van der Waals surface area (Å²) in [6, 6.07) is 0. The van der Waals surface area contributed by atoms with Gasteiger partial charge in [-0.05, 0) is 75.0 Å². The van der Waals surface area contributed by atoms with Gasteiger partial charge in [-0.1, -0.05) is 33.6 Å². The molecule has 0 heterocycles. The molecule has 4 nitrogen and oxygen atoms in total. The van der Waals surface area contributed by atoms with Gasteiger partial charge < -0.3 is 20.1 Å². The number of hydrogen-bond donors (Lipinski definition) is 3. The van der Waals surface area contributed by atoms with Gasteiger partial charge in [-0.2, -0.15) is 0 Å². The highest BCUT2D eigenvalue weighted by molar-refractivity contribution is 4.82. The Balaban J connectivity index is 1.65. The van der Waals surface area contributed by atoms with E-state index >= 15 is 0 Å². The topological polar surface area (TPSA) is 69.9 Å². The van der Waals surface area contributed by atoms with Crippen molar-refractivity contribution in [1.29, 1.82) is 0 Å². The molecule has 25 heavy (non-hydrogen) atoms. The van der Waals surface area contributed by atoms with Crippen LogP contribution < -0.4 is 0 Å². The number of hydrogen-bond acceptors (Lipinski definition) is 4. The highest BCUT2D eigenvalue weighted by Gasteiger charge is 2.33. The van der Waals surface area contributed by atoms with E-state index < -0.39 is 6.29 Å². The fourth-order valence-corrected chi connectivity index (χ4v) is 4.79. The van der Waals surface area contributed by atoms with Gasteiger partial charge in [0.2, 0.25) is 0 Å². The molecule has 0 bridgehead atoms. The van der Waals surface area contributed by atoms with Crippen molar-refractivity contribution in [2.75, 3.05) is 0 Å². The van der Waals surface area contributed by atoms with Gasteiger partial charge >= 0.3 is 0 Å². The Bertz CT molecular complexity index is 373. The zero-order chi connectivity index (χ0) is 18.4. The summed E-state index contributed by atoms with van der Waals surface area (Å²) in [7, 11) is 0. The Morgan fingerprint density at radius 2 is 1.76 bits per heavy atom. The van der Waals surface area contributed by atoms with E-state index in [1.807, 2.05) is 0 Å². The van der Waals surface area contributed by atoms with Crippen molar-refractivity contribution in [2.24, 2.45) is 23.7 Å². The second-order valence-corrected chi connectivity index (χ2v) is 9.03. The molecular formula is C21H40O4. The normalized spacial score (nSPS) is 38.0. The molecule has 2 fully saturated rings. The third-order valence-electron chi connectivity index (χ3n) is 6.50. The predicted octanol–water partition coefficient (Wildman–Crippen LogP) is 3.86. The third kappa shape index (κ3) is 6.82. The lowest BCUT2D eigenvalue weighted by atomic mass is 9.75. The Morgan fingerprint density at radius 1 is 1.00 bits per heavy atom. The summed E-state index contributed by atoms with van der Waals surface area (Å²) in [6.07, 6.45) is 8.25. The van der Waals surface area contributed by atoms with Gasteiger partial charge in [0.25, 0.3) is 0 Å². The van der Waals surface area contributed by atoms with Crippen LogP contribution in [0, 0.1) is 23.7 Å². The SMILES string of the molecule is CC(C)[C@@H]1CC[C@@H](C)C[C@H]1OC(O)CCCC[C@H]1CCC(O)CC1O. The molecule has 2 aliphatic rings. The number of rotatable bonds is 8. The summed E-state index contributed by atoms with van der Waals surface area (Å²) < 4.78 is 6.04. The molecule has 148 valence electrons. The van der Waals surface area contributed by atoms with E-state index in [2.05, 4.69) is 20.8 Å². The molecule has 0 amide bonds. The van der Waals surface area contributed by atoms with E-state index in [4.69, 9.17) is 4.74 Å². The second-order valence-electron chi connectivity index (χ2n) is 9.03. The first kappa shape index (κ1) is 21.1. The monoisotopic (exact) mass is 356 g/mol. The maximum atomic E-state index is 10.3. The summed E-state index contributed by atoms with van der Waals surface area (Å²) in [5.74, 6) is 2.17. The van der Waals surface area contributed by atoms with E-state index in [1.165, 1.54) is 12.8 Å². The van der Waals surface area contributed by atoms with Gasteiger partial charge in [-0.3, -0.25) is 0 Å². The minimum absolute atomic E-state index is 0.195. The molecule has 0 aromatic rings. The molecule has 7 atom stereocenters. The van der Waals surface area contributed by atoms with Crippen molar-refractivity contribution in [3.8, 4) is 0 Å². The lowest BCUT2D eigenvalue weighted by Gasteiger charge is -2.38. The number of ether oxygens (including phenoxy) is 1. The van der Waals surface area contributed by atoms with E-state index in [9.17, 15) is 15.3 Å². The van der Waals surface area contributed by atoms with Crippen LogP contribution in [-0.2, 0) is 4.74 Å². The van der Waals surface area contributed by atoms with Crippen molar-refractivity contribution in [3.63, 3.8) is 0 Å². The van der Waals surface area contributed by atoms with Crippen molar-refractivity contribution in [1.82, 2.24) is 0 Å². The molecule has 0 aromatic heterocycles. The van der Waals surface area contributed by atoms with Crippen LogP contribution in [0.2, 0.25) is 0 Å². The zero-order valence-electron chi connectivity index (χ0n) is 16.4. The third-order valence-corrected chi connectivity index (χ3v) is 6.50. The van der Waals surface area contributed by atoms with Crippen LogP contribution in [0.4, 0.5) is 0 Å². The zero-order valence-corrected chi connectivity index (χ0v) is 16.4. The molecule has 0 aromatic carbocycles. The highest BCUT2D eigenvalue weighted by Crippen LogP contribution is 2.36. The van der Waals surface area contributed by atoms with E-state index in [1.54, 1.807) is 0 Å². The molecule has 2 aliphatic carbocycles. The van der Waals surface area contributed by atoms with Gasteiger partial charge in [0, 0.05) is 0 Å². The van der Waals surface area contributed by atoms with Gasteiger partial charge in [0.05, 0.1) is 18.3 Å². The fourth-order valence-electron chi connectivity index (χ4n) is 4.79. The van der Waals surface area contributed by atoms with Crippen LogP contribution >= 0.6 is 0 Å². The summed E-state index contributed by atoms with van der Waals surface area (Å²) in [5, 5.41) is 29.9.